The molecular weight excluding hydrogens is 387 g/mol. The lowest BCUT2D eigenvalue weighted by Crippen LogP contribution is -1.98. The summed E-state index contributed by atoms with van der Waals surface area (Å²) < 4.78 is 0. The number of nitrogens with zero attached hydrogens (tertiary/aromatic N) is 3. The maximum absolute atomic E-state index is 9.31. The first-order valence-corrected chi connectivity index (χ1v) is 7.56. The number of aromatic nitrogens is 1. The number of benzene rings is 1. The van der Waals surface area contributed by atoms with Crippen molar-refractivity contribution in [3.8, 4) is 6.07 Å². The summed E-state index contributed by atoms with van der Waals surface area (Å²) in [6, 6.07) is 3.56. The molecule has 0 aliphatic heterocycles. The molecule has 2 aromatic rings. The van der Waals surface area contributed by atoms with Gasteiger partial charge >= 0.3 is 0 Å². The van der Waals surface area contributed by atoms with Gasteiger partial charge in [0.25, 0.3) is 0 Å². The maximum atomic E-state index is 9.31. The molecule has 1 aromatic heterocycles. The summed E-state index contributed by atoms with van der Waals surface area (Å²) in [7, 11) is 0. The topological polar surface area (TPSA) is 41.0 Å². The van der Waals surface area contributed by atoms with Crippen molar-refractivity contribution in [3.63, 3.8) is 0 Å². The second-order valence-corrected chi connectivity index (χ2v) is 6.08. The quantitative estimate of drug-likeness (QED) is 0.339. The van der Waals surface area contributed by atoms with Gasteiger partial charge in [0.1, 0.15) is 11.2 Å². The molecule has 0 saturated carbocycles. The fourth-order valence-electron chi connectivity index (χ4n) is 1.85. The van der Waals surface area contributed by atoms with Gasteiger partial charge in [0, 0.05) is 12.6 Å². The van der Waals surface area contributed by atoms with E-state index in [9.17, 15) is 5.26 Å². The van der Waals surface area contributed by atoms with Crippen molar-refractivity contribution in [2.45, 2.75) is 6.42 Å². The van der Waals surface area contributed by atoms with E-state index in [1.54, 1.807) is 6.07 Å². The van der Waals surface area contributed by atoms with Gasteiger partial charge in [-0.1, -0.05) is 58.0 Å². The van der Waals surface area contributed by atoms with Gasteiger partial charge in [0.15, 0.2) is 0 Å². The van der Waals surface area contributed by atoms with Crippen molar-refractivity contribution in [2.24, 2.45) is 0 Å². The molecule has 8 heteroatoms. The molecule has 0 saturated heterocycles. The molecule has 2 rings (SSSR count). The van der Waals surface area contributed by atoms with Crippen molar-refractivity contribution in [2.75, 3.05) is 0 Å². The Bertz CT molecular complexity index is 849. The van der Waals surface area contributed by atoms with Crippen LogP contribution >= 0.6 is 58.0 Å². The summed E-state index contributed by atoms with van der Waals surface area (Å²) in [6.45, 7) is 7.16. The van der Waals surface area contributed by atoms with Gasteiger partial charge in [-0.2, -0.15) is 5.26 Å². The van der Waals surface area contributed by atoms with E-state index >= 15 is 0 Å². The van der Waals surface area contributed by atoms with Crippen LogP contribution in [0.2, 0.25) is 25.2 Å². The minimum atomic E-state index is -0.0442. The van der Waals surface area contributed by atoms with Crippen LogP contribution in [0.1, 0.15) is 16.7 Å². The SMILES string of the molecule is [C-]#[N+]c1c(Cl)c(Cl)c(C#N)c(Cc2cc(Cl)cnc2Cl)c1Cl. The first-order valence-electron chi connectivity index (χ1n) is 5.67. The Morgan fingerprint density at radius 2 is 1.82 bits per heavy atom. The van der Waals surface area contributed by atoms with Gasteiger partial charge in [-0.3, -0.25) is 0 Å². The second kappa shape index (κ2) is 6.92. The number of nitriles is 1. The van der Waals surface area contributed by atoms with Gasteiger partial charge in [0.05, 0.1) is 32.2 Å². The zero-order chi connectivity index (χ0) is 16.4. The Kier molecular flexibility index (Phi) is 5.40. The smallest absolute Gasteiger partial charge is 0.225 e. The molecule has 0 aliphatic carbocycles. The highest BCUT2D eigenvalue weighted by molar-refractivity contribution is 6.47. The molecule has 0 aliphatic rings. The summed E-state index contributed by atoms with van der Waals surface area (Å²) >= 11 is 30.2. The van der Waals surface area contributed by atoms with Gasteiger partial charge < -0.3 is 0 Å². The maximum Gasteiger partial charge on any atom is 0.225 e. The minimum absolute atomic E-state index is 0.00607. The van der Waals surface area contributed by atoms with Crippen molar-refractivity contribution in [3.05, 3.63) is 65.6 Å². The zero-order valence-corrected chi connectivity index (χ0v) is 14.4. The lowest BCUT2D eigenvalue weighted by atomic mass is 10.00. The highest BCUT2D eigenvalue weighted by Gasteiger charge is 2.22. The van der Waals surface area contributed by atoms with Crippen molar-refractivity contribution in [1.29, 1.82) is 5.26 Å². The fourth-order valence-corrected chi connectivity index (χ4v) is 3.03. The van der Waals surface area contributed by atoms with Gasteiger partial charge in [-0.15, -0.1) is 0 Å². The number of pyridine rings is 1. The third-order valence-corrected chi connectivity index (χ3v) is 4.66. The van der Waals surface area contributed by atoms with Gasteiger partial charge in [-0.25, -0.2) is 9.83 Å². The Labute approximate surface area is 151 Å². The number of halogens is 5. The van der Waals surface area contributed by atoms with E-state index in [0.29, 0.717) is 16.1 Å². The Balaban J connectivity index is 2.71. The summed E-state index contributed by atoms with van der Waals surface area (Å²) in [6.07, 6.45) is 1.55. The lowest BCUT2D eigenvalue weighted by Gasteiger charge is -2.13. The van der Waals surface area contributed by atoms with E-state index < -0.39 is 0 Å². The summed E-state index contributed by atoms with van der Waals surface area (Å²) in [5, 5.41) is 9.93. The fraction of sp³-hybridized carbons (Fsp3) is 0.0714. The molecule has 0 N–H and O–H groups in total. The summed E-state index contributed by atoms with van der Waals surface area (Å²) in [5.41, 5.74) is 1.01. The monoisotopic (exact) mass is 389 g/mol. The van der Waals surface area contributed by atoms with Crippen molar-refractivity contribution >= 4 is 63.7 Å². The molecular formula is C14H4Cl5N3. The van der Waals surface area contributed by atoms with Crippen molar-refractivity contribution in [1.82, 2.24) is 4.98 Å². The Morgan fingerprint density at radius 3 is 2.41 bits per heavy atom. The van der Waals surface area contributed by atoms with Crippen LogP contribution in [0.4, 0.5) is 5.69 Å². The van der Waals surface area contributed by atoms with E-state index in [2.05, 4.69) is 9.83 Å². The summed E-state index contributed by atoms with van der Waals surface area (Å²) in [4.78, 5) is 7.20. The highest BCUT2D eigenvalue weighted by atomic mass is 35.5. The highest BCUT2D eigenvalue weighted by Crippen LogP contribution is 2.44. The standard InChI is InChI=1S/C14H4Cl5N3/c1-21-13-11(17)8(9(4-20)10(16)12(13)18)3-6-2-7(15)5-22-14(6)19/h2,5H,3H2. The van der Waals surface area contributed by atoms with Gasteiger partial charge in [-0.05, 0) is 17.2 Å². The molecule has 0 atom stereocenters. The van der Waals surface area contributed by atoms with Crippen LogP contribution in [0.15, 0.2) is 12.3 Å². The van der Waals surface area contributed by atoms with E-state index in [4.69, 9.17) is 64.6 Å². The van der Waals surface area contributed by atoms with Crippen LogP contribution in [-0.4, -0.2) is 4.98 Å². The van der Waals surface area contributed by atoms with E-state index in [1.165, 1.54) is 6.20 Å². The van der Waals surface area contributed by atoms with Gasteiger partial charge in [0.2, 0.25) is 5.69 Å². The van der Waals surface area contributed by atoms with Crippen LogP contribution in [0.5, 0.6) is 0 Å². The Hall–Kier alpha value is -1.20. The van der Waals surface area contributed by atoms with Crippen LogP contribution in [0.25, 0.3) is 4.85 Å². The zero-order valence-electron chi connectivity index (χ0n) is 10.6. The van der Waals surface area contributed by atoms with Crippen molar-refractivity contribution < 1.29 is 0 Å². The molecule has 0 unspecified atom stereocenters. The Morgan fingerprint density at radius 1 is 1.14 bits per heavy atom. The molecule has 0 spiro atoms. The van der Waals surface area contributed by atoms with Crippen LogP contribution in [0, 0.1) is 17.9 Å². The largest absolute Gasteiger partial charge is 0.243 e. The number of hydrogen-bond donors (Lipinski definition) is 0. The van der Waals surface area contributed by atoms with Crippen LogP contribution < -0.4 is 0 Å². The molecule has 1 aromatic carbocycles. The average molecular weight is 391 g/mol. The number of hydrogen-bond acceptors (Lipinski definition) is 2. The molecule has 110 valence electrons. The van der Waals surface area contributed by atoms with E-state index in [1.807, 2.05) is 6.07 Å². The second-order valence-electron chi connectivity index (χ2n) is 4.15. The molecule has 0 fully saturated rings. The molecule has 0 amide bonds. The molecule has 22 heavy (non-hydrogen) atoms. The third-order valence-electron chi connectivity index (χ3n) is 2.86. The first-order chi connectivity index (χ1) is 10.4. The van der Waals surface area contributed by atoms with Crippen LogP contribution in [-0.2, 0) is 6.42 Å². The van der Waals surface area contributed by atoms with E-state index in [-0.39, 0.29) is 37.9 Å². The summed E-state index contributed by atoms with van der Waals surface area (Å²) in [5.74, 6) is 0. The molecule has 1 heterocycles. The first kappa shape index (κ1) is 17.2. The minimum Gasteiger partial charge on any atom is -0.243 e. The average Bonchev–Trinajstić information content (AvgIpc) is 2.49. The molecule has 0 radical (unpaired) electrons. The predicted octanol–water partition coefficient (Wildman–Crippen LogP) is 6.36. The number of rotatable bonds is 2. The molecule has 0 bridgehead atoms. The predicted molar refractivity (Wildman–Crippen MR) is 89.5 cm³/mol. The normalized spacial score (nSPS) is 10.1. The lowest BCUT2D eigenvalue weighted by molar-refractivity contribution is 1.14. The molecule has 3 nitrogen and oxygen atoms in total. The van der Waals surface area contributed by atoms with Crippen LogP contribution in [0.3, 0.4) is 0 Å². The third kappa shape index (κ3) is 3.10. The van der Waals surface area contributed by atoms with E-state index in [0.717, 1.165) is 0 Å².